The highest BCUT2D eigenvalue weighted by molar-refractivity contribution is 5.73. The van der Waals surface area contributed by atoms with Gasteiger partial charge in [-0.3, -0.25) is 9.78 Å². The highest BCUT2D eigenvalue weighted by Crippen LogP contribution is 2.16. The summed E-state index contributed by atoms with van der Waals surface area (Å²) in [5, 5.41) is 3.62. The minimum atomic E-state index is 0.189. The van der Waals surface area contributed by atoms with Crippen LogP contribution >= 0.6 is 0 Å². The fraction of sp³-hybridized carbons (Fsp3) is 0.571. The summed E-state index contributed by atoms with van der Waals surface area (Å²) in [5.41, 5.74) is 1.21. The lowest BCUT2D eigenvalue weighted by Crippen LogP contribution is -2.44. The molecule has 1 aliphatic rings. The van der Waals surface area contributed by atoms with Crippen molar-refractivity contribution in [3.63, 3.8) is 0 Å². The van der Waals surface area contributed by atoms with Gasteiger partial charge in [0.1, 0.15) is 0 Å². The van der Waals surface area contributed by atoms with Gasteiger partial charge in [0.05, 0.1) is 0 Å². The molecule has 1 aromatic heterocycles. The van der Waals surface area contributed by atoms with E-state index in [9.17, 15) is 4.79 Å². The van der Waals surface area contributed by atoms with Crippen molar-refractivity contribution >= 4 is 5.91 Å². The van der Waals surface area contributed by atoms with E-state index in [2.05, 4.69) is 23.3 Å². The summed E-state index contributed by atoms with van der Waals surface area (Å²) >= 11 is 0. The second-order valence-electron chi connectivity index (χ2n) is 4.96. The van der Waals surface area contributed by atoms with E-state index in [0.29, 0.717) is 12.1 Å². The zero-order valence-corrected chi connectivity index (χ0v) is 11.1. The van der Waals surface area contributed by atoms with Crippen LogP contribution in [-0.2, 0) is 4.79 Å². The summed E-state index contributed by atoms with van der Waals surface area (Å²) < 4.78 is 0. The second-order valence-corrected chi connectivity index (χ2v) is 4.96. The van der Waals surface area contributed by atoms with Crippen molar-refractivity contribution in [2.45, 2.75) is 38.8 Å². The zero-order valence-electron chi connectivity index (χ0n) is 11.1. The van der Waals surface area contributed by atoms with E-state index in [1.54, 1.807) is 13.1 Å². The van der Waals surface area contributed by atoms with Crippen LogP contribution in [0.25, 0.3) is 0 Å². The van der Waals surface area contributed by atoms with Crippen LogP contribution in [0.2, 0.25) is 0 Å². The highest BCUT2D eigenvalue weighted by Gasteiger charge is 2.21. The summed E-state index contributed by atoms with van der Waals surface area (Å²) in [4.78, 5) is 17.3. The van der Waals surface area contributed by atoms with Crippen LogP contribution in [0, 0.1) is 0 Å². The number of carbonyl (C=O) groups excluding carboxylic acids is 1. The van der Waals surface area contributed by atoms with Crippen molar-refractivity contribution < 1.29 is 4.79 Å². The molecule has 0 aliphatic carbocycles. The van der Waals surface area contributed by atoms with Crippen molar-refractivity contribution in [3.05, 3.63) is 30.1 Å². The van der Waals surface area contributed by atoms with Gasteiger partial charge in [-0.1, -0.05) is 6.07 Å². The molecule has 1 N–H and O–H groups in total. The van der Waals surface area contributed by atoms with Crippen molar-refractivity contribution in [2.24, 2.45) is 0 Å². The maximum Gasteiger partial charge on any atom is 0.219 e. The quantitative estimate of drug-likeness (QED) is 0.885. The zero-order chi connectivity index (χ0) is 13.0. The van der Waals surface area contributed by atoms with E-state index < -0.39 is 0 Å². The summed E-state index contributed by atoms with van der Waals surface area (Å²) in [6.45, 7) is 5.54. The molecule has 1 fully saturated rings. The van der Waals surface area contributed by atoms with Crippen LogP contribution in [0.5, 0.6) is 0 Å². The molecule has 1 saturated heterocycles. The van der Waals surface area contributed by atoms with Crippen molar-refractivity contribution in [1.29, 1.82) is 0 Å². The van der Waals surface area contributed by atoms with Gasteiger partial charge in [-0.05, 0) is 31.4 Å². The molecular formula is C14H21N3O. The molecule has 18 heavy (non-hydrogen) atoms. The Hall–Kier alpha value is -1.42. The topological polar surface area (TPSA) is 45.2 Å². The van der Waals surface area contributed by atoms with E-state index in [4.69, 9.17) is 0 Å². The third kappa shape index (κ3) is 3.29. The summed E-state index contributed by atoms with van der Waals surface area (Å²) in [7, 11) is 0. The first-order valence-corrected chi connectivity index (χ1v) is 6.58. The normalized spacial score (nSPS) is 18.7. The third-order valence-corrected chi connectivity index (χ3v) is 3.61. The number of aromatic nitrogens is 1. The predicted octanol–water partition coefficient (Wildman–Crippen LogP) is 1.74. The molecule has 1 aliphatic heterocycles. The lowest BCUT2D eigenvalue weighted by molar-refractivity contribution is -0.129. The summed E-state index contributed by atoms with van der Waals surface area (Å²) in [6.07, 6.45) is 5.76. The van der Waals surface area contributed by atoms with E-state index in [-0.39, 0.29) is 5.91 Å². The smallest absolute Gasteiger partial charge is 0.219 e. The molecule has 2 rings (SSSR count). The SMILES string of the molecule is CC(=O)N1CCC(N[C@@H](C)c2cccnc2)CC1. The molecule has 0 aromatic carbocycles. The maximum atomic E-state index is 11.2. The monoisotopic (exact) mass is 247 g/mol. The predicted molar refractivity (Wildman–Crippen MR) is 71.1 cm³/mol. The average molecular weight is 247 g/mol. The molecular weight excluding hydrogens is 226 g/mol. The van der Waals surface area contributed by atoms with E-state index >= 15 is 0 Å². The van der Waals surface area contributed by atoms with Gasteiger partial charge in [0.15, 0.2) is 0 Å². The minimum Gasteiger partial charge on any atom is -0.343 e. The molecule has 0 bridgehead atoms. The number of pyridine rings is 1. The van der Waals surface area contributed by atoms with Crippen LogP contribution in [0.15, 0.2) is 24.5 Å². The summed E-state index contributed by atoms with van der Waals surface area (Å²) in [5.74, 6) is 0.189. The number of likely N-dealkylation sites (tertiary alicyclic amines) is 1. The molecule has 0 spiro atoms. The highest BCUT2D eigenvalue weighted by atomic mass is 16.2. The van der Waals surface area contributed by atoms with Gasteiger partial charge in [-0.2, -0.15) is 0 Å². The number of amides is 1. The number of nitrogens with zero attached hydrogens (tertiary/aromatic N) is 2. The van der Waals surface area contributed by atoms with Gasteiger partial charge in [-0.25, -0.2) is 0 Å². The number of piperidine rings is 1. The Morgan fingerprint density at radius 3 is 2.78 bits per heavy atom. The Balaban J connectivity index is 1.83. The van der Waals surface area contributed by atoms with Crippen LogP contribution < -0.4 is 5.32 Å². The van der Waals surface area contributed by atoms with Crippen LogP contribution in [0.4, 0.5) is 0 Å². The summed E-state index contributed by atoms with van der Waals surface area (Å²) in [6, 6.07) is 4.87. The van der Waals surface area contributed by atoms with Crippen LogP contribution in [-0.4, -0.2) is 34.9 Å². The Labute approximate surface area is 108 Å². The van der Waals surface area contributed by atoms with Crippen molar-refractivity contribution in [3.8, 4) is 0 Å². The Morgan fingerprint density at radius 2 is 2.22 bits per heavy atom. The molecule has 98 valence electrons. The van der Waals surface area contributed by atoms with E-state index in [1.807, 2.05) is 17.2 Å². The van der Waals surface area contributed by atoms with Gasteiger partial charge in [-0.15, -0.1) is 0 Å². The Bertz CT molecular complexity index is 385. The molecule has 1 aromatic rings. The lowest BCUT2D eigenvalue weighted by atomic mass is 10.0. The second kappa shape index (κ2) is 5.96. The Morgan fingerprint density at radius 1 is 1.50 bits per heavy atom. The average Bonchev–Trinajstić information content (AvgIpc) is 2.40. The lowest BCUT2D eigenvalue weighted by Gasteiger charge is -2.33. The first kappa shape index (κ1) is 13.0. The number of rotatable bonds is 3. The number of nitrogens with one attached hydrogen (secondary N) is 1. The minimum absolute atomic E-state index is 0.189. The van der Waals surface area contributed by atoms with Gasteiger partial charge >= 0.3 is 0 Å². The van der Waals surface area contributed by atoms with E-state index in [1.165, 1.54) is 5.56 Å². The fourth-order valence-corrected chi connectivity index (χ4v) is 2.44. The van der Waals surface area contributed by atoms with E-state index in [0.717, 1.165) is 25.9 Å². The molecule has 1 atom stereocenters. The Kier molecular flexibility index (Phi) is 4.31. The fourth-order valence-electron chi connectivity index (χ4n) is 2.44. The number of hydrogen-bond acceptors (Lipinski definition) is 3. The molecule has 1 amide bonds. The molecule has 0 radical (unpaired) electrons. The molecule has 4 nitrogen and oxygen atoms in total. The van der Waals surface area contributed by atoms with Gasteiger partial charge in [0, 0.05) is 44.5 Å². The largest absolute Gasteiger partial charge is 0.343 e. The number of hydrogen-bond donors (Lipinski definition) is 1. The van der Waals surface area contributed by atoms with Crippen LogP contribution in [0.1, 0.15) is 38.3 Å². The standard InChI is InChI=1S/C14H21N3O/c1-11(13-4-3-7-15-10-13)16-14-5-8-17(9-6-14)12(2)18/h3-4,7,10-11,14,16H,5-6,8-9H2,1-2H3/t11-/m0/s1. The van der Waals surface area contributed by atoms with Crippen LogP contribution in [0.3, 0.4) is 0 Å². The number of carbonyl (C=O) groups is 1. The van der Waals surface area contributed by atoms with Gasteiger partial charge in [0.2, 0.25) is 5.91 Å². The van der Waals surface area contributed by atoms with Gasteiger partial charge < -0.3 is 10.2 Å². The molecule has 2 heterocycles. The third-order valence-electron chi connectivity index (χ3n) is 3.61. The van der Waals surface area contributed by atoms with Crippen molar-refractivity contribution in [2.75, 3.05) is 13.1 Å². The molecule has 0 unspecified atom stereocenters. The van der Waals surface area contributed by atoms with Crippen molar-refractivity contribution in [1.82, 2.24) is 15.2 Å². The first-order chi connectivity index (χ1) is 8.66. The van der Waals surface area contributed by atoms with Gasteiger partial charge in [0.25, 0.3) is 0 Å². The first-order valence-electron chi connectivity index (χ1n) is 6.58. The maximum absolute atomic E-state index is 11.2. The molecule has 0 saturated carbocycles. The molecule has 4 heteroatoms.